The molecule has 174 valence electrons. The summed E-state index contributed by atoms with van der Waals surface area (Å²) in [5.41, 5.74) is 5.21. The van der Waals surface area contributed by atoms with Crippen LogP contribution in [0, 0.1) is 0 Å². The first-order chi connectivity index (χ1) is 15.1. The van der Waals surface area contributed by atoms with E-state index in [4.69, 9.17) is 17.3 Å². The van der Waals surface area contributed by atoms with Crippen molar-refractivity contribution in [2.75, 3.05) is 22.5 Å². The standard InChI is InChI=1S/C20H16ClF3N6O2.H2S/c1-10-9-29(12-3-4-13(14(21)6-12)20(22,23)24)19(32)17-15(8-27-30(10)17)28-18(31)11-2-5-16(25)26-7-11;/h2-8,10H,9H2,1H3,(H2,25,26)(H,28,31);1H2/t10-;/m0./s1. The number of pyridine rings is 1. The van der Waals surface area contributed by atoms with E-state index in [9.17, 15) is 22.8 Å². The van der Waals surface area contributed by atoms with Crippen molar-refractivity contribution < 1.29 is 22.8 Å². The molecule has 13 heteroatoms. The fourth-order valence-electron chi connectivity index (χ4n) is 3.41. The molecule has 0 radical (unpaired) electrons. The molecule has 1 aliphatic heterocycles. The lowest BCUT2D eigenvalue weighted by Gasteiger charge is -2.32. The Bertz CT molecular complexity index is 1220. The number of halogens is 4. The first kappa shape index (κ1) is 24.4. The minimum Gasteiger partial charge on any atom is -0.384 e. The van der Waals surface area contributed by atoms with Gasteiger partial charge in [-0.2, -0.15) is 31.8 Å². The van der Waals surface area contributed by atoms with Crippen molar-refractivity contribution in [2.24, 2.45) is 0 Å². The smallest absolute Gasteiger partial charge is 0.384 e. The first-order valence-electron chi connectivity index (χ1n) is 9.35. The lowest BCUT2D eigenvalue weighted by molar-refractivity contribution is -0.137. The number of aromatic nitrogens is 3. The van der Waals surface area contributed by atoms with Crippen molar-refractivity contribution in [1.29, 1.82) is 0 Å². The largest absolute Gasteiger partial charge is 0.417 e. The molecule has 8 nitrogen and oxygen atoms in total. The van der Waals surface area contributed by atoms with Gasteiger partial charge in [0.1, 0.15) is 5.82 Å². The van der Waals surface area contributed by atoms with Gasteiger partial charge in [0.15, 0.2) is 5.69 Å². The van der Waals surface area contributed by atoms with Crippen LogP contribution in [0.4, 0.5) is 30.4 Å². The summed E-state index contributed by atoms with van der Waals surface area (Å²) >= 11 is 5.83. The molecule has 0 aliphatic carbocycles. The molecule has 1 aromatic carbocycles. The lowest BCUT2D eigenvalue weighted by atomic mass is 10.1. The van der Waals surface area contributed by atoms with Gasteiger partial charge in [0, 0.05) is 18.4 Å². The number of fused-ring (bicyclic) bond motifs is 1. The van der Waals surface area contributed by atoms with E-state index in [2.05, 4.69) is 15.4 Å². The highest BCUT2D eigenvalue weighted by atomic mass is 35.5. The molecule has 0 saturated heterocycles. The van der Waals surface area contributed by atoms with Gasteiger partial charge in [-0.25, -0.2) is 4.98 Å². The number of nitrogens with one attached hydrogen (secondary N) is 1. The summed E-state index contributed by atoms with van der Waals surface area (Å²) in [6.45, 7) is 1.95. The van der Waals surface area contributed by atoms with E-state index >= 15 is 0 Å². The summed E-state index contributed by atoms with van der Waals surface area (Å²) in [7, 11) is 0. The Morgan fingerprint density at radius 3 is 2.58 bits per heavy atom. The second kappa shape index (κ2) is 8.94. The summed E-state index contributed by atoms with van der Waals surface area (Å²) < 4.78 is 40.5. The number of alkyl halides is 3. The second-order valence-corrected chi connectivity index (χ2v) is 7.61. The van der Waals surface area contributed by atoms with Gasteiger partial charge >= 0.3 is 6.18 Å². The number of nitrogen functional groups attached to an aromatic ring is 1. The Morgan fingerprint density at radius 2 is 1.97 bits per heavy atom. The van der Waals surface area contributed by atoms with Crippen molar-refractivity contribution in [1.82, 2.24) is 14.8 Å². The number of carbonyl (C=O) groups excluding carboxylic acids is 2. The zero-order chi connectivity index (χ0) is 23.2. The molecule has 2 aromatic heterocycles. The summed E-state index contributed by atoms with van der Waals surface area (Å²) in [5.74, 6) is -0.815. The topological polar surface area (TPSA) is 106 Å². The Kier molecular flexibility index (Phi) is 6.61. The quantitative estimate of drug-likeness (QED) is 0.565. The Labute approximate surface area is 198 Å². The third-order valence-electron chi connectivity index (χ3n) is 4.97. The van der Waals surface area contributed by atoms with E-state index in [0.717, 1.165) is 12.1 Å². The summed E-state index contributed by atoms with van der Waals surface area (Å²) in [6, 6.07) is 5.74. The number of anilines is 3. The molecular formula is C20H18ClF3N6O2S. The third kappa shape index (κ3) is 4.62. The van der Waals surface area contributed by atoms with Crippen molar-refractivity contribution in [3.63, 3.8) is 0 Å². The van der Waals surface area contributed by atoms with Gasteiger partial charge in [-0.3, -0.25) is 14.3 Å². The predicted molar refractivity (Wildman–Crippen MR) is 122 cm³/mol. The second-order valence-electron chi connectivity index (χ2n) is 7.20. The number of nitrogens with two attached hydrogens (primary N) is 1. The number of benzene rings is 1. The van der Waals surface area contributed by atoms with Gasteiger partial charge in [-0.15, -0.1) is 0 Å². The normalized spacial score (nSPS) is 15.6. The Hall–Kier alpha value is -3.25. The van der Waals surface area contributed by atoms with Crippen LogP contribution in [0.15, 0.2) is 42.7 Å². The lowest BCUT2D eigenvalue weighted by Crippen LogP contribution is -2.43. The molecule has 1 atom stereocenters. The number of amides is 2. The number of hydrogen-bond donors (Lipinski definition) is 2. The maximum Gasteiger partial charge on any atom is 0.417 e. The monoisotopic (exact) mass is 498 g/mol. The molecule has 33 heavy (non-hydrogen) atoms. The highest BCUT2D eigenvalue weighted by Gasteiger charge is 2.36. The number of rotatable bonds is 3. The van der Waals surface area contributed by atoms with E-state index in [0.29, 0.717) is 0 Å². The molecule has 0 unspecified atom stereocenters. The molecule has 0 bridgehead atoms. The van der Waals surface area contributed by atoms with Crippen LogP contribution in [0.3, 0.4) is 0 Å². The molecule has 0 spiro atoms. The van der Waals surface area contributed by atoms with Gasteiger partial charge in [0.25, 0.3) is 11.8 Å². The van der Waals surface area contributed by atoms with Crippen molar-refractivity contribution >= 4 is 54.1 Å². The van der Waals surface area contributed by atoms with Crippen LogP contribution in [-0.4, -0.2) is 33.1 Å². The Morgan fingerprint density at radius 1 is 1.24 bits per heavy atom. The van der Waals surface area contributed by atoms with Crippen LogP contribution in [-0.2, 0) is 6.18 Å². The minimum absolute atomic E-state index is 0. The molecule has 0 fully saturated rings. The van der Waals surface area contributed by atoms with Crippen LogP contribution in [0.25, 0.3) is 0 Å². The molecule has 3 aromatic rings. The van der Waals surface area contributed by atoms with Gasteiger partial charge in [-0.05, 0) is 37.3 Å². The maximum atomic E-state index is 13.2. The maximum absolute atomic E-state index is 13.2. The van der Waals surface area contributed by atoms with Crippen LogP contribution < -0.4 is 16.0 Å². The molecule has 1 aliphatic rings. The van der Waals surface area contributed by atoms with Crippen molar-refractivity contribution in [3.05, 3.63) is 64.6 Å². The third-order valence-corrected chi connectivity index (χ3v) is 5.29. The van der Waals surface area contributed by atoms with Crippen LogP contribution in [0.5, 0.6) is 0 Å². The molecule has 4 rings (SSSR count). The molecule has 3 N–H and O–H groups in total. The van der Waals surface area contributed by atoms with Crippen LogP contribution in [0.1, 0.15) is 39.4 Å². The molecule has 0 saturated carbocycles. The highest BCUT2D eigenvalue weighted by molar-refractivity contribution is 7.59. The van der Waals surface area contributed by atoms with Gasteiger partial charge in [0.05, 0.1) is 34.1 Å². The van der Waals surface area contributed by atoms with Gasteiger partial charge in [-0.1, -0.05) is 11.6 Å². The van der Waals surface area contributed by atoms with Crippen LogP contribution in [0.2, 0.25) is 5.02 Å². The molecular weight excluding hydrogens is 481 g/mol. The van der Waals surface area contributed by atoms with Crippen LogP contribution >= 0.6 is 25.1 Å². The number of nitrogens with zero attached hydrogens (tertiary/aromatic N) is 4. The van der Waals surface area contributed by atoms with E-state index < -0.39 is 28.6 Å². The number of hydrogen-bond acceptors (Lipinski definition) is 5. The zero-order valence-corrected chi connectivity index (χ0v) is 18.8. The summed E-state index contributed by atoms with van der Waals surface area (Å²) in [5, 5.41) is 6.29. The van der Waals surface area contributed by atoms with E-state index in [-0.39, 0.29) is 54.5 Å². The fraction of sp³-hybridized carbons (Fsp3) is 0.200. The zero-order valence-electron chi connectivity index (χ0n) is 17.0. The average molecular weight is 499 g/mol. The molecule has 3 heterocycles. The average Bonchev–Trinajstić information content (AvgIpc) is 3.14. The highest BCUT2D eigenvalue weighted by Crippen LogP contribution is 2.38. The summed E-state index contributed by atoms with van der Waals surface area (Å²) in [6.07, 6.45) is -1.97. The first-order valence-corrected chi connectivity index (χ1v) is 9.73. The van der Waals surface area contributed by atoms with Gasteiger partial charge in [0.2, 0.25) is 0 Å². The van der Waals surface area contributed by atoms with E-state index in [1.165, 1.54) is 40.2 Å². The van der Waals surface area contributed by atoms with Crippen molar-refractivity contribution in [3.8, 4) is 0 Å². The number of carbonyl (C=O) groups is 2. The fourth-order valence-corrected chi connectivity index (χ4v) is 3.69. The van der Waals surface area contributed by atoms with Crippen molar-refractivity contribution in [2.45, 2.75) is 19.1 Å². The minimum atomic E-state index is -4.61. The van der Waals surface area contributed by atoms with E-state index in [1.54, 1.807) is 6.92 Å². The Balaban J connectivity index is 0.00000306. The summed E-state index contributed by atoms with van der Waals surface area (Å²) in [4.78, 5) is 30.9. The predicted octanol–water partition coefficient (Wildman–Crippen LogP) is 4.12. The van der Waals surface area contributed by atoms with Gasteiger partial charge < -0.3 is 16.0 Å². The SMILES string of the molecule is C[C@H]1CN(c2ccc(C(F)(F)F)c(Cl)c2)C(=O)c2c(NC(=O)c3ccc(N)nc3)cnn21.S. The van der Waals surface area contributed by atoms with E-state index in [1.807, 2.05) is 0 Å². The molecule has 2 amide bonds.